The Hall–Kier alpha value is -0.800. The van der Waals surface area contributed by atoms with Crippen LogP contribution < -0.4 is 0 Å². The van der Waals surface area contributed by atoms with Gasteiger partial charge in [-0.1, -0.05) is 0 Å². The molecule has 1 fully saturated rings. The van der Waals surface area contributed by atoms with Gasteiger partial charge >= 0.3 is 0 Å². The van der Waals surface area contributed by atoms with Crippen LogP contribution in [0.3, 0.4) is 0 Å². The first-order valence-electron chi connectivity index (χ1n) is 6.01. The summed E-state index contributed by atoms with van der Waals surface area (Å²) in [4.78, 5) is 2.34. The van der Waals surface area contributed by atoms with Gasteiger partial charge in [0.1, 0.15) is 0 Å². The lowest BCUT2D eigenvalue weighted by Crippen LogP contribution is -2.42. The zero-order chi connectivity index (χ0) is 11.7. The van der Waals surface area contributed by atoms with Crippen LogP contribution in [-0.2, 0) is 11.3 Å². The van der Waals surface area contributed by atoms with Gasteiger partial charge in [-0.15, -0.1) is 0 Å². The Morgan fingerprint density at radius 3 is 2.69 bits per heavy atom. The van der Waals surface area contributed by atoms with Gasteiger partial charge in [0.25, 0.3) is 0 Å². The summed E-state index contributed by atoms with van der Waals surface area (Å²) in [6, 6.07) is 0. The zero-order valence-corrected chi connectivity index (χ0v) is 10.8. The third-order valence-electron chi connectivity index (χ3n) is 3.66. The van der Waals surface area contributed by atoms with Crippen LogP contribution in [0.1, 0.15) is 16.8 Å². The van der Waals surface area contributed by atoms with Gasteiger partial charge in [0.2, 0.25) is 0 Å². The van der Waals surface area contributed by atoms with E-state index in [0.717, 1.165) is 26.2 Å². The highest BCUT2D eigenvalue weighted by atomic mass is 16.5. The largest absolute Gasteiger partial charge is 0.374 e. The maximum Gasteiger partial charge on any atom is 0.0880 e. The Labute approximate surface area is 98.0 Å². The van der Waals surface area contributed by atoms with Crippen molar-refractivity contribution in [2.24, 2.45) is 0 Å². The van der Waals surface area contributed by atoms with E-state index in [-0.39, 0.29) is 0 Å². The van der Waals surface area contributed by atoms with Crippen LogP contribution >= 0.6 is 0 Å². The normalized spacial score (nSPS) is 22.6. The summed E-state index contributed by atoms with van der Waals surface area (Å²) >= 11 is 0. The fraction of sp³-hybridized carbons (Fsp3) is 0.692. The highest BCUT2D eigenvalue weighted by Gasteiger charge is 2.19. The molecule has 1 aliphatic heterocycles. The molecule has 1 unspecified atom stereocenters. The van der Waals surface area contributed by atoms with Gasteiger partial charge in [-0.25, -0.2) is 0 Å². The summed E-state index contributed by atoms with van der Waals surface area (Å²) in [5.41, 5.74) is 4.15. The number of rotatable bonds is 2. The first kappa shape index (κ1) is 11.7. The van der Waals surface area contributed by atoms with Crippen LogP contribution in [0.5, 0.6) is 0 Å². The zero-order valence-electron chi connectivity index (χ0n) is 10.8. The molecule has 2 heterocycles. The Morgan fingerprint density at radius 1 is 1.38 bits per heavy atom. The van der Waals surface area contributed by atoms with Gasteiger partial charge in [0.05, 0.1) is 12.7 Å². The number of ether oxygens (including phenoxy) is 1. The molecule has 16 heavy (non-hydrogen) atoms. The molecule has 0 saturated carbocycles. The van der Waals surface area contributed by atoms with Crippen molar-refractivity contribution in [3.05, 3.63) is 23.0 Å². The molecule has 90 valence electrons. The first-order valence-corrected chi connectivity index (χ1v) is 6.01. The maximum atomic E-state index is 5.79. The molecular weight excluding hydrogens is 200 g/mol. The van der Waals surface area contributed by atoms with E-state index in [1.165, 1.54) is 16.8 Å². The monoisotopic (exact) mass is 222 g/mol. The quantitative estimate of drug-likeness (QED) is 0.758. The summed E-state index contributed by atoms with van der Waals surface area (Å²) in [5.74, 6) is 0. The van der Waals surface area contributed by atoms with Crippen LogP contribution in [0.2, 0.25) is 0 Å². The van der Waals surface area contributed by atoms with E-state index in [1.807, 2.05) is 0 Å². The predicted octanol–water partition coefficient (Wildman–Crippen LogP) is 1.74. The van der Waals surface area contributed by atoms with Gasteiger partial charge in [-0.3, -0.25) is 0 Å². The molecule has 0 N–H and O–H groups in total. The summed E-state index contributed by atoms with van der Waals surface area (Å²) in [6.45, 7) is 10.5. The first-order chi connectivity index (χ1) is 7.58. The van der Waals surface area contributed by atoms with Gasteiger partial charge in [0, 0.05) is 31.5 Å². The predicted molar refractivity (Wildman–Crippen MR) is 65.9 cm³/mol. The lowest BCUT2D eigenvalue weighted by Gasteiger charge is -2.30. The van der Waals surface area contributed by atoms with E-state index < -0.39 is 0 Å². The fourth-order valence-electron chi connectivity index (χ4n) is 2.31. The lowest BCUT2D eigenvalue weighted by atomic mass is 10.2. The SMILES string of the molecule is Cc1cn(CC2CN(C)CCO2)c(C)c1C. The summed E-state index contributed by atoms with van der Waals surface area (Å²) in [6.07, 6.45) is 2.58. The number of hydrogen-bond donors (Lipinski definition) is 0. The van der Waals surface area contributed by atoms with Crippen molar-refractivity contribution >= 4 is 0 Å². The number of morpholine rings is 1. The van der Waals surface area contributed by atoms with Crippen molar-refractivity contribution in [1.29, 1.82) is 0 Å². The molecule has 1 aliphatic rings. The van der Waals surface area contributed by atoms with Crippen molar-refractivity contribution < 1.29 is 4.74 Å². The molecule has 1 saturated heterocycles. The number of likely N-dealkylation sites (N-methyl/N-ethyl adjacent to an activating group) is 1. The van der Waals surface area contributed by atoms with E-state index in [0.29, 0.717) is 6.10 Å². The Balaban J connectivity index is 2.05. The van der Waals surface area contributed by atoms with Crippen LogP contribution in [-0.4, -0.2) is 42.3 Å². The summed E-state index contributed by atoms with van der Waals surface area (Å²) in [7, 11) is 2.16. The average molecular weight is 222 g/mol. The fourth-order valence-corrected chi connectivity index (χ4v) is 2.31. The summed E-state index contributed by atoms with van der Waals surface area (Å²) < 4.78 is 8.12. The minimum Gasteiger partial charge on any atom is -0.374 e. The third kappa shape index (κ3) is 2.30. The van der Waals surface area contributed by atoms with Gasteiger partial charge in [-0.05, 0) is 38.9 Å². The van der Waals surface area contributed by atoms with Crippen molar-refractivity contribution in [3.8, 4) is 0 Å². The van der Waals surface area contributed by atoms with E-state index in [9.17, 15) is 0 Å². The highest BCUT2D eigenvalue weighted by molar-refractivity contribution is 5.28. The maximum absolute atomic E-state index is 5.79. The molecule has 0 aromatic carbocycles. The van der Waals surface area contributed by atoms with Crippen molar-refractivity contribution in [1.82, 2.24) is 9.47 Å². The Morgan fingerprint density at radius 2 is 2.12 bits per heavy atom. The number of nitrogens with zero attached hydrogens (tertiary/aromatic N) is 2. The highest BCUT2D eigenvalue weighted by Crippen LogP contribution is 2.16. The molecule has 0 radical (unpaired) electrons. The molecule has 0 bridgehead atoms. The molecule has 2 rings (SSSR count). The molecule has 1 aromatic heterocycles. The van der Waals surface area contributed by atoms with Crippen molar-refractivity contribution in [2.75, 3.05) is 26.7 Å². The van der Waals surface area contributed by atoms with Crippen LogP contribution in [0, 0.1) is 20.8 Å². The topological polar surface area (TPSA) is 17.4 Å². The Kier molecular flexibility index (Phi) is 3.36. The van der Waals surface area contributed by atoms with E-state index >= 15 is 0 Å². The van der Waals surface area contributed by atoms with Gasteiger partial charge in [-0.2, -0.15) is 0 Å². The second-order valence-corrected chi connectivity index (χ2v) is 4.93. The van der Waals surface area contributed by atoms with E-state index in [2.05, 4.69) is 43.5 Å². The molecule has 1 aromatic rings. The standard InChI is InChI=1S/C13H22N2O/c1-10-7-15(12(3)11(10)2)9-13-8-14(4)5-6-16-13/h7,13H,5-6,8-9H2,1-4H3. The van der Waals surface area contributed by atoms with E-state index in [4.69, 9.17) is 4.74 Å². The lowest BCUT2D eigenvalue weighted by molar-refractivity contribution is -0.0276. The van der Waals surface area contributed by atoms with E-state index in [1.54, 1.807) is 0 Å². The second-order valence-electron chi connectivity index (χ2n) is 4.93. The molecule has 0 aliphatic carbocycles. The van der Waals surface area contributed by atoms with Crippen LogP contribution in [0.15, 0.2) is 6.20 Å². The van der Waals surface area contributed by atoms with Crippen LogP contribution in [0.25, 0.3) is 0 Å². The number of aryl methyl sites for hydroxylation is 1. The van der Waals surface area contributed by atoms with Gasteiger partial charge < -0.3 is 14.2 Å². The molecular formula is C13H22N2O. The van der Waals surface area contributed by atoms with Crippen LogP contribution in [0.4, 0.5) is 0 Å². The number of hydrogen-bond acceptors (Lipinski definition) is 2. The van der Waals surface area contributed by atoms with Crippen molar-refractivity contribution in [3.63, 3.8) is 0 Å². The smallest absolute Gasteiger partial charge is 0.0880 e. The molecule has 1 atom stereocenters. The average Bonchev–Trinajstić information content (AvgIpc) is 2.47. The van der Waals surface area contributed by atoms with Crippen molar-refractivity contribution in [2.45, 2.75) is 33.4 Å². The second kappa shape index (κ2) is 4.60. The molecule has 0 spiro atoms. The summed E-state index contributed by atoms with van der Waals surface area (Å²) in [5, 5.41) is 0. The molecule has 3 nitrogen and oxygen atoms in total. The molecule has 0 amide bonds. The minimum atomic E-state index is 0.337. The third-order valence-corrected chi connectivity index (χ3v) is 3.66. The number of aromatic nitrogens is 1. The van der Waals surface area contributed by atoms with Gasteiger partial charge in [0.15, 0.2) is 0 Å². The minimum absolute atomic E-state index is 0.337. The molecule has 3 heteroatoms. The Bertz CT molecular complexity index is 370.